The fraction of sp³-hybridized carbons (Fsp3) is 0.174. The average Bonchev–Trinajstić information content (AvgIpc) is 3.08. The number of fused-ring (bicyclic) bond motifs is 1. The predicted molar refractivity (Wildman–Crippen MR) is 120 cm³/mol. The van der Waals surface area contributed by atoms with Crippen LogP contribution in [0.25, 0.3) is 10.2 Å². The van der Waals surface area contributed by atoms with Gasteiger partial charge in [0.25, 0.3) is 5.56 Å². The second-order valence-electron chi connectivity index (χ2n) is 6.92. The molecule has 0 saturated heterocycles. The number of ether oxygens (including phenoxy) is 1. The third-order valence-corrected chi connectivity index (χ3v) is 6.23. The molecule has 0 saturated carbocycles. The van der Waals surface area contributed by atoms with E-state index in [-0.39, 0.29) is 12.2 Å². The van der Waals surface area contributed by atoms with Gasteiger partial charge in [-0.3, -0.25) is 9.36 Å². The first-order chi connectivity index (χ1) is 14.5. The first-order valence-electron chi connectivity index (χ1n) is 9.47. The molecule has 7 heteroatoms. The minimum atomic E-state index is -0.424. The predicted octanol–water partition coefficient (Wildman–Crippen LogP) is 4.87. The number of rotatable bonds is 6. The highest BCUT2D eigenvalue weighted by Crippen LogP contribution is 2.27. The Hall–Kier alpha value is -2.96. The number of hydrogen-bond donors (Lipinski definition) is 0. The molecule has 0 radical (unpaired) electrons. The number of nitrogens with zero attached hydrogens (tertiary/aromatic N) is 2. The molecule has 2 aromatic carbocycles. The van der Waals surface area contributed by atoms with Crippen LogP contribution in [0, 0.1) is 6.92 Å². The quantitative estimate of drug-likeness (QED) is 0.403. The fourth-order valence-corrected chi connectivity index (χ4v) is 4.52. The molecule has 0 aliphatic carbocycles. The summed E-state index contributed by atoms with van der Waals surface area (Å²) in [6, 6.07) is 17.2. The number of thiophene rings is 1. The molecule has 0 fully saturated rings. The molecular weight excluding hydrogens is 420 g/mol. The summed E-state index contributed by atoms with van der Waals surface area (Å²) in [5, 5.41) is 1.07. The van der Waals surface area contributed by atoms with Crippen molar-refractivity contribution in [3.63, 3.8) is 0 Å². The molecule has 0 aliphatic heterocycles. The molecule has 30 heavy (non-hydrogen) atoms. The largest absolute Gasteiger partial charge is 0.461 e. The Balaban J connectivity index is 1.55. The van der Waals surface area contributed by atoms with Crippen molar-refractivity contribution >= 4 is 39.1 Å². The molecule has 0 bridgehead atoms. The van der Waals surface area contributed by atoms with E-state index in [4.69, 9.17) is 16.3 Å². The van der Waals surface area contributed by atoms with E-state index >= 15 is 0 Å². The molecule has 4 aromatic rings. The lowest BCUT2D eigenvalue weighted by molar-refractivity contribution is 0.0514. The van der Waals surface area contributed by atoms with Gasteiger partial charge in [-0.25, -0.2) is 9.78 Å². The number of carbonyl (C=O) groups excluding carboxylic acids is 1. The van der Waals surface area contributed by atoms with Crippen LogP contribution in [0.1, 0.15) is 26.4 Å². The van der Waals surface area contributed by atoms with Gasteiger partial charge in [-0.1, -0.05) is 54.1 Å². The van der Waals surface area contributed by atoms with Crippen molar-refractivity contribution in [3.05, 3.63) is 97.9 Å². The minimum absolute atomic E-state index is 0.183. The maximum absolute atomic E-state index is 13.0. The van der Waals surface area contributed by atoms with Gasteiger partial charge in [0.05, 0.1) is 24.9 Å². The third kappa shape index (κ3) is 4.30. The Kier molecular flexibility index (Phi) is 5.97. The summed E-state index contributed by atoms with van der Waals surface area (Å²) in [5.74, 6) is -0.424. The third-order valence-electron chi connectivity index (χ3n) is 4.81. The monoisotopic (exact) mass is 438 g/mol. The summed E-state index contributed by atoms with van der Waals surface area (Å²) in [6.07, 6.45) is 2.15. The zero-order chi connectivity index (χ0) is 21.1. The molecule has 4 rings (SSSR count). The molecule has 2 aromatic heterocycles. The Labute approximate surface area is 182 Å². The van der Waals surface area contributed by atoms with Crippen molar-refractivity contribution in [1.82, 2.24) is 9.55 Å². The molecule has 0 amide bonds. The van der Waals surface area contributed by atoms with Crippen LogP contribution in [-0.2, 0) is 17.7 Å². The SMILES string of the molecule is Cc1c(C(=O)OCCc2ccccc2)sc2ncn(Cc3cccc(Cl)c3)c(=O)c12. The van der Waals surface area contributed by atoms with Crippen molar-refractivity contribution in [1.29, 1.82) is 0 Å². The highest BCUT2D eigenvalue weighted by molar-refractivity contribution is 7.20. The van der Waals surface area contributed by atoms with E-state index in [1.807, 2.05) is 48.5 Å². The van der Waals surface area contributed by atoms with Gasteiger partial charge in [0.1, 0.15) is 9.71 Å². The smallest absolute Gasteiger partial charge is 0.348 e. The zero-order valence-electron chi connectivity index (χ0n) is 16.3. The van der Waals surface area contributed by atoms with Gasteiger partial charge in [0, 0.05) is 11.4 Å². The van der Waals surface area contributed by atoms with Crippen molar-refractivity contribution in [2.45, 2.75) is 19.9 Å². The highest BCUT2D eigenvalue weighted by atomic mass is 35.5. The number of hydrogen-bond acceptors (Lipinski definition) is 5. The van der Waals surface area contributed by atoms with Gasteiger partial charge in [0.15, 0.2) is 0 Å². The number of aryl methyl sites for hydroxylation is 1. The lowest BCUT2D eigenvalue weighted by Crippen LogP contribution is -2.21. The molecule has 2 heterocycles. The van der Waals surface area contributed by atoms with E-state index in [9.17, 15) is 9.59 Å². The first-order valence-corrected chi connectivity index (χ1v) is 10.7. The number of esters is 1. The Bertz CT molecular complexity index is 1260. The van der Waals surface area contributed by atoms with Crippen molar-refractivity contribution in [2.24, 2.45) is 0 Å². The van der Waals surface area contributed by atoms with Crippen molar-refractivity contribution in [2.75, 3.05) is 6.61 Å². The fourth-order valence-electron chi connectivity index (χ4n) is 3.27. The Morgan fingerprint density at radius 3 is 2.67 bits per heavy atom. The van der Waals surface area contributed by atoms with Crippen molar-refractivity contribution < 1.29 is 9.53 Å². The van der Waals surface area contributed by atoms with Crippen LogP contribution in [0.4, 0.5) is 0 Å². The van der Waals surface area contributed by atoms with Gasteiger partial charge in [-0.2, -0.15) is 0 Å². The molecule has 0 atom stereocenters. The van der Waals surface area contributed by atoms with E-state index in [1.165, 1.54) is 22.2 Å². The van der Waals surface area contributed by atoms with Crippen LogP contribution >= 0.6 is 22.9 Å². The summed E-state index contributed by atoms with van der Waals surface area (Å²) in [6.45, 7) is 2.40. The van der Waals surface area contributed by atoms with E-state index in [1.54, 1.807) is 13.0 Å². The second-order valence-corrected chi connectivity index (χ2v) is 8.35. The van der Waals surface area contributed by atoms with Gasteiger partial charge in [0.2, 0.25) is 0 Å². The summed E-state index contributed by atoms with van der Waals surface area (Å²) in [4.78, 5) is 31.0. The summed E-state index contributed by atoms with van der Waals surface area (Å²) in [7, 11) is 0. The highest BCUT2D eigenvalue weighted by Gasteiger charge is 2.20. The van der Waals surface area contributed by atoms with Crippen molar-refractivity contribution in [3.8, 4) is 0 Å². The molecule has 0 N–H and O–H groups in total. The molecule has 0 spiro atoms. The van der Waals surface area contributed by atoms with Gasteiger partial charge in [-0.15, -0.1) is 11.3 Å². The number of benzene rings is 2. The lowest BCUT2D eigenvalue weighted by Gasteiger charge is -2.06. The maximum atomic E-state index is 13.0. The molecular formula is C23H19ClN2O3S. The van der Waals surface area contributed by atoms with Crippen LogP contribution in [-0.4, -0.2) is 22.1 Å². The molecule has 0 aliphatic rings. The summed E-state index contributed by atoms with van der Waals surface area (Å²) < 4.78 is 6.97. The maximum Gasteiger partial charge on any atom is 0.348 e. The van der Waals surface area contributed by atoms with Crippen LogP contribution in [0.5, 0.6) is 0 Å². The normalized spacial score (nSPS) is 11.0. The van der Waals surface area contributed by atoms with Crippen LogP contribution in [0.3, 0.4) is 0 Å². The van der Waals surface area contributed by atoms with Crippen LogP contribution in [0.2, 0.25) is 5.02 Å². The second kappa shape index (κ2) is 8.81. The van der Waals surface area contributed by atoms with E-state index in [0.29, 0.717) is 38.6 Å². The van der Waals surface area contributed by atoms with E-state index < -0.39 is 5.97 Å². The number of carbonyl (C=O) groups is 1. The minimum Gasteiger partial charge on any atom is -0.461 e. The van der Waals surface area contributed by atoms with Gasteiger partial charge < -0.3 is 4.74 Å². The first kappa shape index (κ1) is 20.3. The Morgan fingerprint density at radius 1 is 1.13 bits per heavy atom. The Morgan fingerprint density at radius 2 is 1.90 bits per heavy atom. The van der Waals surface area contributed by atoms with E-state index in [2.05, 4.69) is 4.98 Å². The topological polar surface area (TPSA) is 61.2 Å². The number of halogens is 1. The molecule has 0 unspecified atom stereocenters. The standard InChI is InChI=1S/C23H19ClN2O3S/c1-15-19-21(25-14-26(22(19)27)13-17-8-5-9-18(24)12-17)30-20(15)23(28)29-11-10-16-6-3-2-4-7-16/h2-9,12,14H,10-11,13H2,1H3. The van der Waals surface area contributed by atoms with Gasteiger partial charge >= 0.3 is 5.97 Å². The van der Waals surface area contributed by atoms with Crippen LogP contribution < -0.4 is 5.56 Å². The van der Waals surface area contributed by atoms with Gasteiger partial charge in [-0.05, 0) is 35.7 Å². The summed E-state index contributed by atoms with van der Waals surface area (Å²) in [5.41, 5.74) is 2.43. The average molecular weight is 439 g/mol. The zero-order valence-corrected chi connectivity index (χ0v) is 17.9. The number of aromatic nitrogens is 2. The van der Waals surface area contributed by atoms with Crippen LogP contribution in [0.15, 0.2) is 65.7 Å². The molecule has 152 valence electrons. The molecule has 5 nitrogen and oxygen atoms in total. The summed E-state index contributed by atoms with van der Waals surface area (Å²) >= 11 is 7.23. The van der Waals surface area contributed by atoms with E-state index in [0.717, 1.165) is 11.1 Å². The lowest BCUT2D eigenvalue weighted by atomic mass is 10.2.